The van der Waals surface area contributed by atoms with E-state index in [4.69, 9.17) is 0 Å². The second-order valence-corrected chi connectivity index (χ2v) is 13.2. The van der Waals surface area contributed by atoms with Crippen LogP contribution in [0.25, 0.3) is 0 Å². The Morgan fingerprint density at radius 2 is 1.72 bits per heavy atom. The van der Waals surface area contributed by atoms with E-state index >= 15 is 0 Å². The Morgan fingerprint density at radius 3 is 2.51 bits per heavy atom. The van der Waals surface area contributed by atoms with Crippen molar-refractivity contribution in [1.82, 2.24) is 5.32 Å². The zero-order chi connectivity index (χ0) is 27.4. The van der Waals surface area contributed by atoms with Gasteiger partial charge in [-0.2, -0.15) is 11.8 Å². The van der Waals surface area contributed by atoms with Crippen molar-refractivity contribution in [3.63, 3.8) is 0 Å². The SMILES string of the molecule is O=C(NCCCSC1CCCCC1)c1ccc2c(c1)N(Cc1ccccc1F)C(=O)c1ccccc1S2(=O)=O. The average molecular weight is 567 g/mol. The summed E-state index contributed by atoms with van der Waals surface area (Å²) in [6.07, 6.45) is 7.28. The number of carbonyl (C=O) groups excluding carboxylic acids is 2. The van der Waals surface area contributed by atoms with Crippen molar-refractivity contribution in [3.8, 4) is 0 Å². The minimum atomic E-state index is -4.07. The van der Waals surface area contributed by atoms with Crippen LogP contribution in [0.2, 0.25) is 0 Å². The van der Waals surface area contributed by atoms with Crippen LogP contribution in [0.1, 0.15) is 64.8 Å². The zero-order valence-corrected chi connectivity index (χ0v) is 23.2. The fourth-order valence-electron chi connectivity index (χ4n) is 5.16. The Balaban J connectivity index is 1.41. The molecule has 2 amide bonds. The standard InChI is InChI=1S/C30H31FN2O4S2/c31-25-13-6-4-9-22(25)20-33-26-19-21(29(34)32-17-8-18-38-23-10-2-1-3-11-23)15-16-28(26)39(36,37)27-14-7-5-12-24(27)30(33)35/h4-7,9,12-16,19,23H,1-3,8,10-11,17-18,20H2,(H,32,34). The first-order valence-corrected chi connectivity index (χ1v) is 15.8. The van der Waals surface area contributed by atoms with E-state index < -0.39 is 21.6 Å². The molecule has 1 aliphatic carbocycles. The lowest BCUT2D eigenvalue weighted by Crippen LogP contribution is -2.31. The summed E-state index contributed by atoms with van der Waals surface area (Å²) >= 11 is 1.97. The molecule has 39 heavy (non-hydrogen) atoms. The van der Waals surface area contributed by atoms with E-state index in [0.717, 1.165) is 12.2 Å². The molecule has 0 unspecified atom stereocenters. The topological polar surface area (TPSA) is 83.6 Å². The number of anilines is 1. The van der Waals surface area contributed by atoms with Crippen molar-refractivity contribution in [2.24, 2.45) is 0 Å². The molecule has 0 bridgehead atoms. The average Bonchev–Trinajstić information content (AvgIpc) is 3.02. The minimum absolute atomic E-state index is 0.00602. The summed E-state index contributed by atoms with van der Waals surface area (Å²) in [5, 5.41) is 3.63. The fraction of sp³-hybridized carbons (Fsp3) is 0.333. The van der Waals surface area contributed by atoms with Gasteiger partial charge in [0.1, 0.15) is 5.82 Å². The molecule has 2 aliphatic rings. The molecule has 0 radical (unpaired) electrons. The highest BCUT2D eigenvalue weighted by Gasteiger charge is 2.36. The molecule has 0 spiro atoms. The first-order chi connectivity index (χ1) is 18.9. The van der Waals surface area contributed by atoms with Crippen LogP contribution in [0.4, 0.5) is 10.1 Å². The third-order valence-electron chi connectivity index (χ3n) is 7.25. The number of halogens is 1. The van der Waals surface area contributed by atoms with Gasteiger partial charge in [0.05, 0.1) is 27.6 Å². The van der Waals surface area contributed by atoms with Crippen molar-refractivity contribution >= 4 is 39.1 Å². The number of rotatable bonds is 8. The van der Waals surface area contributed by atoms with Crippen LogP contribution in [0.3, 0.4) is 0 Å². The summed E-state index contributed by atoms with van der Waals surface area (Å²) in [6, 6.07) is 16.3. The van der Waals surface area contributed by atoms with Crippen LogP contribution >= 0.6 is 11.8 Å². The molecular formula is C30H31FN2O4S2. The maximum Gasteiger partial charge on any atom is 0.259 e. The molecule has 0 saturated heterocycles. The third kappa shape index (κ3) is 5.89. The van der Waals surface area contributed by atoms with E-state index in [9.17, 15) is 22.4 Å². The van der Waals surface area contributed by atoms with Crippen molar-refractivity contribution in [2.45, 2.75) is 60.1 Å². The molecule has 1 fully saturated rings. The molecule has 1 aliphatic heterocycles. The quantitative estimate of drug-likeness (QED) is 0.338. The molecule has 1 saturated carbocycles. The van der Waals surface area contributed by atoms with Crippen LogP contribution in [-0.2, 0) is 16.4 Å². The highest BCUT2D eigenvalue weighted by atomic mass is 32.2. The van der Waals surface area contributed by atoms with Crippen molar-refractivity contribution in [2.75, 3.05) is 17.2 Å². The lowest BCUT2D eigenvalue weighted by atomic mass is 10.0. The molecule has 5 rings (SSSR count). The molecule has 1 heterocycles. The Kier molecular flexibility index (Phi) is 8.37. The van der Waals surface area contributed by atoms with E-state index in [1.165, 1.54) is 73.4 Å². The number of nitrogens with one attached hydrogen (secondary N) is 1. The molecule has 3 aromatic rings. The first-order valence-electron chi connectivity index (χ1n) is 13.3. The van der Waals surface area contributed by atoms with Crippen molar-refractivity contribution in [1.29, 1.82) is 0 Å². The van der Waals surface area contributed by atoms with Crippen LogP contribution in [0.15, 0.2) is 76.5 Å². The molecular weight excluding hydrogens is 535 g/mol. The number of nitrogens with zero attached hydrogens (tertiary/aromatic N) is 1. The highest BCUT2D eigenvalue weighted by Crippen LogP contribution is 2.38. The van der Waals surface area contributed by atoms with Crippen molar-refractivity contribution < 1.29 is 22.4 Å². The summed E-state index contributed by atoms with van der Waals surface area (Å²) in [4.78, 5) is 27.8. The van der Waals surface area contributed by atoms with Gasteiger partial charge >= 0.3 is 0 Å². The third-order valence-corrected chi connectivity index (χ3v) is 10.6. The zero-order valence-electron chi connectivity index (χ0n) is 21.6. The summed E-state index contributed by atoms with van der Waals surface area (Å²) in [6.45, 7) is 0.309. The van der Waals surface area contributed by atoms with Gasteiger partial charge in [0.25, 0.3) is 11.8 Å². The normalized spacial score (nSPS) is 16.7. The number of amides is 2. The number of sulfone groups is 1. The van der Waals surface area contributed by atoms with E-state index in [-0.39, 0.29) is 44.6 Å². The van der Waals surface area contributed by atoms with E-state index in [1.54, 1.807) is 30.3 Å². The smallest absolute Gasteiger partial charge is 0.259 e. The Hall–Kier alpha value is -3.17. The lowest BCUT2D eigenvalue weighted by molar-refractivity contribution is 0.0950. The van der Waals surface area contributed by atoms with Gasteiger partial charge in [-0.05, 0) is 61.4 Å². The van der Waals surface area contributed by atoms with Crippen LogP contribution in [-0.4, -0.2) is 37.8 Å². The van der Waals surface area contributed by atoms with E-state index in [0.29, 0.717) is 11.8 Å². The van der Waals surface area contributed by atoms with E-state index in [2.05, 4.69) is 5.32 Å². The molecule has 204 valence electrons. The molecule has 1 N–H and O–H groups in total. The van der Waals surface area contributed by atoms with Gasteiger partial charge in [0.2, 0.25) is 9.84 Å². The van der Waals surface area contributed by atoms with Crippen LogP contribution in [0, 0.1) is 5.82 Å². The van der Waals surface area contributed by atoms with Crippen molar-refractivity contribution in [3.05, 3.63) is 89.2 Å². The Morgan fingerprint density at radius 1 is 0.974 bits per heavy atom. The summed E-state index contributed by atoms with van der Waals surface area (Å²) < 4.78 is 41.9. The summed E-state index contributed by atoms with van der Waals surface area (Å²) in [5.74, 6) is -0.463. The maximum absolute atomic E-state index is 14.6. The molecule has 0 aromatic heterocycles. The number of benzene rings is 3. The Bertz CT molecular complexity index is 1490. The van der Waals surface area contributed by atoms with Gasteiger partial charge in [0.15, 0.2) is 0 Å². The van der Waals surface area contributed by atoms with Gasteiger partial charge in [-0.1, -0.05) is 49.6 Å². The van der Waals surface area contributed by atoms with Crippen LogP contribution in [0.5, 0.6) is 0 Å². The van der Waals surface area contributed by atoms with Crippen LogP contribution < -0.4 is 10.2 Å². The fourth-order valence-corrected chi connectivity index (χ4v) is 8.10. The summed E-state index contributed by atoms with van der Waals surface area (Å²) in [7, 11) is -4.07. The monoisotopic (exact) mass is 566 g/mol. The second kappa shape index (κ2) is 11.9. The predicted molar refractivity (Wildman–Crippen MR) is 152 cm³/mol. The number of carbonyl (C=O) groups is 2. The number of thioether (sulfide) groups is 1. The highest BCUT2D eigenvalue weighted by molar-refractivity contribution is 7.99. The Labute approximate surface area is 232 Å². The van der Waals surface area contributed by atoms with Gasteiger partial charge in [-0.25, -0.2) is 12.8 Å². The summed E-state index contributed by atoms with van der Waals surface area (Å²) in [5.41, 5.74) is 0.534. The van der Waals surface area contributed by atoms with Gasteiger partial charge in [-0.3, -0.25) is 9.59 Å². The van der Waals surface area contributed by atoms with Gasteiger partial charge in [0, 0.05) is 22.9 Å². The predicted octanol–water partition coefficient (Wildman–Crippen LogP) is 6.00. The van der Waals surface area contributed by atoms with E-state index in [1.807, 2.05) is 11.8 Å². The molecule has 0 atom stereocenters. The van der Waals surface area contributed by atoms with Gasteiger partial charge < -0.3 is 10.2 Å². The second-order valence-electron chi connectivity index (χ2n) is 9.91. The maximum atomic E-state index is 14.6. The lowest BCUT2D eigenvalue weighted by Gasteiger charge is -2.24. The molecule has 3 aromatic carbocycles. The molecule has 9 heteroatoms. The minimum Gasteiger partial charge on any atom is -0.352 e. The molecule has 6 nitrogen and oxygen atoms in total. The largest absolute Gasteiger partial charge is 0.352 e. The van der Waals surface area contributed by atoms with Gasteiger partial charge in [-0.15, -0.1) is 0 Å². The number of fused-ring (bicyclic) bond motifs is 2. The number of hydrogen-bond donors (Lipinski definition) is 1. The first kappa shape index (κ1) is 27.4. The number of hydrogen-bond acceptors (Lipinski definition) is 5.